The van der Waals surface area contributed by atoms with E-state index in [-0.39, 0.29) is 23.8 Å². The summed E-state index contributed by atoms with van der Waals surface area (Å²) in [5.74, 6) is -0.259. The van der Waals surface area contributed by atoms with Gasteiger partial charge in [0.05, 0.1) is 11.4 Å². The molecule has 1 N–H and O–H groups in total. The van der Waals surface area contributed by atoms with Gasteiger partial charge in [-0.1, -0.05) is 0 Å². The molecule has 0 fully saturated rings. The number of halogens is 2. The van der Waals surface area contributed by atoms with E-state index in [0.29, 0.717) is 12.1 Å². The van der Waals surface area contributed by atoms with E-state index >= 15 is 0 Å². The molecule has 0 radical (unpaired) electrons. The predicted octanol–water partition coefficient (Wildman–Crippen LogP) is 2.15. The minimum Gasteiger partial charge on any atom is -0.317 e. The maximum Gasteiger partial charge on any atom is 0.292 e. The number of benzene rings is 1. The Balaban J connectivity index is 0.00000110. The van der Waals surface area contributed by atoms with Gasteiger partial charge in [-0.2, -0.15) is 0 Å². The number of hydrogen-bond donors (Lipinski definition) is 1. The van der Waals surface area contributed by atoms with Crippen molar-refractivity contribution >= 4 is 18.1 Å². The van der Waals surface area contributed by atoms with E-state index in [1.165, 1.54) is 12.1 Å². The van der Waals surface area contributed by atoms with Crippen molar-refractivity contribution in [3.8, 4) is 11.3 Å². The minimum atomic E-state index is -0.259. The molecule has 4 nitrogen and oxygen atoms in total. The highest BCUT2D eigenvalue weighted by Crippen LogP contribution is 2.34. The molecule has 0 spiro atoms. The van der Waals surface area contributed by atoms with Gasteiger partial charge in [0.15, 0.2) is 0 Å². The summed E-state index contributed by atoms with van der Waals surface area (Å²) in [5.41, 5.74) is 3.64. The summed E-state index contributed by atoms with van der Waals surface area (Å²) in [4.78, 5) is 18.7. The van der Waals surface area contributed by atoms with Crippen LogP contribution in [0.4, 0.5) is 4.39 Å². The summed E-state index contributed by atoms with van der Waals surface area (Å²) in [5, 5.41) is 0. The zero-order chi connectivity index (χ0) is 12.3. The molecule has 0 aliphatic heterocycles. The van der Waals surface area contributed by atoms with Crippen molar-refractivity contribution in [1.82, 2.24) is 14.4 Å². The smallest absolute Gasteiger partial charge is 0.292 e. The van der Waals surface area contributed by atoms with Gasteiger partial charge in [0.2, 0.25) is 5.65 Å². The van der Waals surface area contributed by atoms with Gasteiger partial charge in [-0.3, -0.25) is 9.20 Å². The van der Waals surface area contributed by atoms with Crippen molar-refractivity contribution in [2.75, 3.05) is 0 Å². The molecule has 1 aliphatic carbocycles. The largest absolute Gasteiger partial charge is 0.317 e. The van der Waals surface area contributed by atoms with Crippen LogP contribution < -0.4 is 5.56 Å². The third kappa shape index (κ3) is 1.51. The second-order valence-corrected chi connectivity index (χ2v) is 4.37. The summed E-state index contributed by atoms with van der Waals surface area (Å²) >= 11 is 0. The van der Waals surface area contributed by atoms with Crippen LogP contribution in [0.25, 0.3) is 16.9 Å². The molecule has 19 heavy (non-hydrogen) atoms. The Bertz CT molecular complexity index is 853. The lowest BCUT2D eigenvalue weighted by atomic mass is 10.1. The number of aromatic amines is 1. The van der Waals surface area contributed by atoms with Gasteiger partial charge in [0.1, 0.15) is 5.82 Å². The summed E-state index contributed by atoms with van der Waals surface area (Å²) in [6, 6.07) is 4.62. The van der Waals surface area contributed by atoms with Crippen LogP contribution in [0.5, 0.6) is 0 Å². The second kappa shape index (κ2) is 3.93. The Morgan fingerprint density at radius 2 is 2.21 bits per heavy atom. The summed E-state index contributed by atoms with van der Waals surface area (Å²) in [6.45, 7) is 0. The van der Waals surface area contributed by atoms with Gasteiger partial charge in [-0.05, 0) is 23.8 Å². The fourth-order valence-corrected chi connectivity index (χ4v) is 2.58. The molecule has 3 aromatic rings. The number of nitrogens with one attached hydrogen (secondary N) is 1. The van der Waals surface area contributed by atoms with Crippen LogP contribution in [0.2, 0.25) is 0 Å². The third-order valence-corrected chi connectivity index (χ3v) is 3.36. The van der Waals surface area contributed by atoms with E-state index in [9.17, 15) is 9.18 Å². The SMILES string of the molecule is Cl.O=c1[nH]c2c(n3ccnc13)Cc1cc(F)ccc1-2. The maximum atomic E-state index is 13.2. The van der Waals surface area contributed by atoms with E-state index in [1.807, 2.05) is 0 Å². The molecular formula is C13H9ClFN3O. The van der Waals surface area contributed by atoms with Gasteiger partial charge in [-0.25, -0.2) is 9.37 Å². The van der Waals surface area contributed by atoms with Crippen molar-refractivity contribution in [1.29, 1.82) is 0 Å². The van der Waals surface area contributed by atoms with Crippen LogP contribution in [0.15, 0.2) is 35.4 Å². The van der Waals surface area contributed by atoms with Crippen molar-refractivity contribution in [2.45, 2.75) is 6.42 Å². The molecule has 0 atom stereocenters. The van der Waals surface area contributed by atoms with Gasteiger partial charge in [-0.15, -0.1) is 12.4 Å². The molecule has 0 bridgehead atoms. The lowest BCUT2D eigenvalue weighted by Gasteiger charge is -2.03. The first-order chi connectivity index (χ1) is 8.74. The minimum absolute atomic E-state index is 0. The molecular weight excluding hydrogens is 269 g/mol. The van der Waals surface area contributed by atoms with Crippen molar-refractivity contribution in [3.63, 3.8) is 0 Å². The zero-order valence-electron chi connectivity index (χ0n) is 9.68. The normalized spacial score (nSPS) is 12.1. The monoisotopic (exact) mass is 277 g/mol. The molecule has 0 saturated heterocycles. The zero-order valence-corrected chi connectivity index (χ0v) is 10.5. The van der Waals surface area contributed by atoms with Crippen LogP contribution in [0.3, 0.4) is 0 Å². The predicted molar refractivity (Wildman–Crippen MR) is 71.3 cm³/mol. The number of H-pyrrole nitrogens is 1. The van der Waals surface area contributed by atoms with E-state index in [1.54, 1.807) is 22.9 Å². The summed E-state index contributed by atoms with van der Waals surface area (Å²) < 4.78 is 15.0. The highest BCUT2D eigenvalue weighted by molar-refractivity contribution is 5.85. The van der Waals surface area contributed by atoms with Gasteiger partial charge < -0.3 is 4.98 Å². The van der Waals surface area contributed by atoms with Crippen LogP contribution >= 0.6 is 12.4 Å². The van der Waals surface area contributed by atoms with Crippen molar-refractivity contribution in [2.24, 2.45) is 0 Å². The van der Waals surface area contributed by atoms with Crippen molar-refractivity contribution in [3.05, 3.63) is 58.0 Å². The molecule has 1 aliphatic rings. The molecule has 2 aromatic heterocycles. The van der Waals surface area contributed by atoms with E-state index in [2.05, 4.69) is 9.97 Å². The quantitative estimate of drug-likeness (QED) is 0.535. The number of nitrogens with zero attached hydrogens (tertiary/aromatic N) is 2. The highest BCUT2D eigenvalue weighted by Gasteiger charge is 2.23. The van der Waals surface area contributed by atoms with E-state index < -0.39 is 0 Å². The molecule has 96 valence electrons. The number of imidazole rings is 1. The first-order valence-electron chi connectivity index (χ1n) is 5.61. The van der Waals surface area contributed by atoms with E-state index in [0.717, 1.165) is 22.5 Å². The van der Waals surface area contributed by atoms with Gasteiger partial charge >= 0.3 is 0 Å². The number of aromatic nitrogens is 3. The fraction of sp³-hybridized carbons (Fsp3) is 0.0769. The Morgan fingerprint density at radius 1 is 1.37 bits per heavy atom. The summed E-state index contributed by atoms with van der Waals surface area (Å²) in [7, 11) is 0. The Labute approximate surface area is 113 Å². The Hall–Kier alpha value is -2.14. The molecule has 0 unspecified atom stereocenters. The highest BCUT2D eigenvalue weighted by atomic mass is 35.5. The van der Waals surface area contributed by atoms with Gasteiger partial charge in [0.25, 0.3) is 5.56 Å². The van der Waals surface area contributed by atoms with Gasteiger partial charge in [0, 0.05) is 24.4 Å². The number of fused-ring (bicyclic) bond motifs is 5. The van der Waals surface area contributed by atoms with Crippen LogP contribution in [0.1, 0.15) is 11.3 Å². The molecule has 0 saturated carbocycles. The molecule has 6 heteroatoms. The average molecular weight is 278 g/mol. The topological polar surface area (TPSA) is 50.2 Å². The average Bonchev–Trinajstić information content (AvgIpc) is 2.93. The van der Waals surface area contributed by atoms with Crippen LogP contribution in [0, 0.1) is 5.82 Å². The second-order valence-electron chi connectivity index (χ2n) is 4.37. The van der Waals surface area contributed by atoms with E-state index in [4.69, 9.17) is 0 Å². The Kier molecular flexibility index (Phi) is 2.46. The first kappa shape index (κ1) is 11.9. The fourth-order valence-electron chi connectivity index (χ4n) is 2.58. The molecule has 1 aromatic carbocycles. The van der Waals surface area contributed by atoms with Crippen LogP contribution in [-0.2, 0) is 6.42 Å². The van der Waals surface area contributed by atoms with Crippen LogP contribution in [-0.4, -0.2) is 14.4 Å². The summed E-state index contributed by atoms with van der Waals surface area (Å²) in [6.07, 6.45) is 3.95. The standard InChI is InChI=1S/C13H8FN3O.ClH/c14-8-1-2-9-7(5-8)6-10-11(9)16-13(18)12-15-3-4-17(10)12;/h1-5H,6H2,(H,16,18);1H. The number of rotatable bonds is 0. The first-order valence-corrected chi connectivity index (χ1v) is 5.61. The lowest BCUT2D eigenvalue weighted by Crippen LogP contribution is -2.13. The molecule has 0 amide bonds. The molecule has 2 heterocycles. The van der Waals surface area contributed by atoms with Crippen molar-refractivity contribution < 1.29 is 4.39 Å². The lowest BCUT2D eigenvalue weighted by molar-refractivity contribution is 0.626. The maximum absolute atomic E-state index is 13.2. The Morgan fingerprint density at radius 3 is 3.05 bits per heavy atom. The number of hydrogen-bond acceptors (Lipinski definition) is 2. The third-order valence-electron chi connectivity index (χ3n) is 3.36. The molecule has 4 rings (SSSR count).